The minimum absolute atomic E-state index is 0.0724. The van der Waals surface area contributed by atoms with E-state index in [0.29, 0.717) is 23.6 Å². The van der Waals surface area contributed by atoms with Crippen molar-refractivity contribution in [3.63, 3.8) is 0 Å². The first-order chi connectivity index (χ1) is 9.24. The standard InChI is InChI=1S/C13H17N5O/c1-10-8-17(7-6-14-10)9-18-13(19)11-4-2-3-5-12(11)15-16-18/h2-5,10,14H,6-9H2,1H3/t10-/m1/s1. The lowest BCUT2D eigenvalue weighted by atomic mass is 10.2. The lowest BCUT2D eigenvalue weighted by molar-refractivity contribution is 0.153. The summed E-state index contributed by atoms with van der Waals surface area (Å²) in [5, 5.41) is 12.1. The maximum absolute atomic E-state index is 12.3. The van der Waals surface area contributed by atoms with Crippen LogP contribution < -0.4 is 10.9 Å². The molecule has 100 valence electrons. The SMILES string of the molecule is C[C@@H]1CN(Cn2nnc3ccccc3c2=O)CCN1. The molecular weight excluding hydrogens is 242 g/mol. The second-order valence-electron chi connectivity index (χ2n) is 4.98. The van der Waals surface area contributed by atoms with Crippen LogP contribution in [-0.4, -0.2) is 45.6 Å². The zero-order chi connectivity index (χ0) is 13.2. The van der Waals surface area contributed by atoms with Crippen LogP contribution in [0.1, 0.15) is 6.92 Å². The molecule has 1 atom stereocenters. The molecule has 6 heteroatoms. The average Bonchev–Trinajstić information content (AvgIpc) is 2.42. The van der Waals surface area contributed by atoms with Gasteiger partial charge in [0.1, 0.15) is 5.52 Å². The minimum Gasteiger partial charge on any atom is -0.312 e. The first-order valence-electron chi connectivity index (χ1n) is 6.52. The molecule has 3 rings (SSSR count). The van der Waals surface area contributed by atoms with Crippen LogP contribution in [0.3, 0.4) is 0 Å². The lowest BCUT2D eigenvalue weighted by Gasteiger charge is -2.31. The molecule has 0 amide bonds. The smallest absolute Gasteiger partial charge is 0.278 e. The van der Waals surface area contributed by atoms with Gasteiger partial charge in [-0.2, -0.15) is 4.68 Å². The van der Waals surface area contributed by atoms with E-state index in [4.69, 9.17) is 0 Å². The van der Waals surface area contributed by atoms with E-state index in [2.05, 4.69) is 27.5 Å². The number of nitrogens with one attached hydrogen (secondary N) is 1. The maximum atomic E-state index is 12.3. The molecule has 0 spiro atoms. The Kier molecular flexibility index (Phi) is 3.27. The van der Waals surface area contributed by atoms with Gasteiger partial charge in [-0.1, -0.05) is 17.3 Å². The summed E-state index contributed by atoms with van der Waals surface area (Å²) in [7, 11) is 0. The minimum atomic E-state index is -0.0724. The molecule has 1 aliphatic rings. The molecule has 0 unspecified atom stereocenters. The first kappa shape index (κ1) is 12.3. The molecule has 1 saturated heterocycles. The fourth-order valence-electron chi connectivity index (χ4n) is 2.45. The van der Waals surface area contributed by atoms with E-state index in [9.17, 15) is 4.79 Å². The lowest BCUT2D eigenvalue weighted by Crippen LogP contribution is -2.50. The van der Waals surface area contributed by atoms with Gasteiger partial charge in [0, 0.05) is 25.7 Å². The molecule has 0 aliphatic carbocycles. The summed E-state index contributed by atoms with van der Waals surface area (Å²) in [6.07, 6.45) is 0. The summed E-state index contributed by atoms with van der Waals surface area (Å²) in [5.41, 5.74) is 0.578. The van der Waals surface area contributed by atoms with Crippen molar-refractivity contribution in [2.75, 3.05) is 19.6 Å². The third-order valence-electron chi connectivity index (χ3n) is 3.42. The molecule has 0 bridgehead atoms. The highest BCUT2D eigenvalue weighted by molar-refractivity contribution is 5.76. The second kappa shape index (κ2) is 5.07. The fraction of sp³-hybridized carbons (Fsp3) is 0.462. The van der Waals surface area contributed by atoms with E-state index in [1.165, 1.54) is 4.68 Å². The number of fused-ring (bicyclic) bond motifs is 1. The third kappa shape index (κ3) is 2.50. The molecule has 19 heavy (non-hydrogen) atoms. The number of rotatable bonds is 2. The Morgan fingerprint density at radius 2 is 2.26 bits per heavy atom. The van der Waals surface area contributed by atoms with E-state index in [1.54, 1.807) is 12.1 Å². The van der Waals surface area contributed by atoms with Crippen LogP contribution in [0.4, 0.5) is 0 Å². The Labute approximate surface area is 111 Å². The van der Waals surface area contributed by atoms with Gasteiger partial charge in [0.15, 0.2) is 0 Å². The second-order valence-corrected chi connectivity index (χ2v) is 4.98. The van der Waals surface area contributed by atoms with Crippen molar-refractivity contribution in [1.29, 1.82) is 0 Å². The normalized spacial score (nSPS) is 20.8. The Morgan fingerprint density at radius 1 is 1.42 bits per heavy atom. The molecule has 1 aromatic heterocycles. The van der Waals surface area contributed by atoms with Crippen LogP contribution in [0.25, 0.3) is 10.9 Å². The summed E-state index contributed by atoms with van der Waals surface area (Å²) in [6, 6.07) is 7.75. The number of piperazine rings is 1. The van der Waals surface area contributed by atoms with Gasteiger partial charge in [-0.15, -0.1) is 5.10 Å². The van der Waals surface area contributed by atoms with Gasteiger partial charge in [-0.25, -0.2) is 0 Å². The molecule has 2 heterocycles. The van der Waals surface area contributed by atoms with Crippen molar-refractivity contribution in [3.8, 4) is 0 Å². The predicted molar refractivity (Wildman–Crippen MR) is 72.8 cm³/mol. The van der Waals surface area contributed by atoms with Crippen LogP contribution in [0.15, 0.2) is 29.1 Å². The summed E-state index contributed by atoms with van der Waals surface area (Å²) >= 11 is 0. The average molecular weight is 259 g/mol. The maximum Gasteiger partial charge on any atom is 0.278 e. The van der Waals surface area contributed by atoms with Crippen LogP contribution in [0.5, 0.6) is 0 Å². The number of benzene rings is 1. The number of hydrogen-bond donors (Lipinski definition) is 1. The van der Waals surface area contributed by atoms with Crippen LogP contribution in [-0.2, 0) is 6.67 Å². The van der Waals surface area contributed by atoms with Crippen molar-refractivity contribution in [2.24, 2.45) is 0 Å². The highest BCUT2D eigenvalue weighted by Crippen LogP contribution is 2.04. The monoisotopic (exact) mass is 259 g/mol. The van der Waals surface area contributed by atoms with Gasteiger partial charge in [0.2, 0.25) is 0 Å². The summed E-state index contributed by atoms with van der Waals surface area (Å²) in [5.74, 6) is 0. The first-order valence-corrected chi connectivity index (χ1v) is 6.52. The molecule has 0 saturated carbocycles. The topological polar surface area (TPSA) is 63.1 Å². The Balaban J connectivity index is 1.89. The highest BCUT2D eigenvalue weighted by Gasteiger charge is 2.16. The summed E-state index contributed by atoms with van der Waals surface area (Å²) in [6.45, 7) is 5.42. The van der Waals surface area contributed by atoms with E-state index in [1.807, 2.05) is 12.1 Å². The van der Waals surface area contributed by atoms with Gasteiger partial charge in [-0.05, 0) is 19.1 Å². The molecule has 1 aliphatic heterocycles. The van der Waals surface area contributed by atoms with Crippen molar-refractivity contribution >= 4 is 10.9 Å². The predicted octanol–water partition coefficient (Wildman–Crippen LogP) is 0.0427. The fourth-order valence-corrected chi connectivity index (χ4v) is 2.45. The van der Waals surface area contributed by atoms with Crippen molar-refractivity contribution in [1.82, 2.24) is 25.2 Å². The molecule has 2 aromatic rings. The third-order valence-corrected chi connectivity index (χ3v) is 3.42. The molecule has 6 nitrogen and oxygen atoms in total. The van der Waals surface area contributed by atoms with Gasteiger partial charge >= 0.3 is 0 Å². The number of nitrogens with zero attached hydrogens (tertiary/aromatic N) is 4. The van der Waals surface area contributed by atoms with Crippen molar-refractivity contribution < 1.29 is 0 Å². The Bertz CT molecular complexity index is 638. The molecular formula is C13H17N5O. The zero-order valence-electron chi connectivity index (χ0n) is 10.9. The molecule has 1 fully saturated rings. The van der Waals surface area contributed by atoms with Crippen molar-refractivity contribution in [2.45, 2.75) is 19.6 Å². The van der Waals surface area contributed by atoms with Crippen LogP contribution in [0.2, 0.25) is 0 Å². The summed E-state index contributed by atoms with van der Waals surface area (Å²) in [4.78, 5) is 14.5. The van der Waals surface area contributed by atoms with Gasteiger partial charge < -0.3 is 5.32 Å². The highest BCUT2D eigenvalue weighted by atomic mass is 16.1. The van der Waals surface area contributed by atoms with E-state index in [-0.39, 0.29) is 5.56 Å². The van der Waals surface area contributed by atoms with Gasteiger partial charge in [0.05, 0.1) is 12.1 Å². The Morgan fingerprint density at radius 3 is 3.11 bits per heavy atom. The number of hydrogen-bond acceptors (Lipinski definition) is 5. The quantitative estimate of drug-likeness (QED) is 0.825. The van der Waals surface area contributed by atoms with Crippen LogP contribution in [0, 0.1) is 0 Å². The molecule has 0 radical (unpaired) electrons. The molecule has 1 aromatic carbocycles. The number of aromatic nitrogens is 3. The van der Waals surface area contributed by atoms with Crippen LogP contribution >= 0.6 is 0 Å². The van der Waals surface area contributed by atoms with E-state index >= 15 is 0 Å². The Hall–Kier alpha value is -1.79. The van der Waals surface area contributed by atoms with Crippen molar-refractivity contribution in [3.05, 3.63) is 34.6 Å². The van der Waals surface area contributed by atoms with Gasteiger partial charge in [-0.3, -0.25) is 9.69 Å². The van der Waals surface area contributed by atoms with E-state index in [0.717, 1.165) is 19.6 Å². The zero-order valence-corrected chi connectivity index (χ0v) is 10.9. The largest absolute Gasteiger partial charge is 0.312 e. The van der Waals surface area contributed by atoms with E-state index < -0.39 is 0 Å². The van der Waals surface area contributed by atoms with Gasteiger partial charge in [0.25, 0.3) is 5.56 Å². The summed E-state index contributed by atoms with van der Waals surface area (Å²) < 4.78 is 1.44. The molecule has 1 N–H and O–H groups in total.